The SMILES string of the molecule is CC(C)(C)OC(=O)Nc1ccc(F)cc1C1(C=O)CC1. The van der Waals surface area contributed by atoms with E-state index in [4.69, 9.17) is 4.74 Å². The number of nitrogens with one attached hydrogen (secondary N) is 1. The van der Waals surface area contributed by atoms with Gasteiger partial charge >= 0.3 is 6.09 Å². The van der Waals surface area contributed by atoms with Gasteiger partial charge in [-0.1, -0.05) is 0 Å². The van der Waals surface area contributed by atoms with Crippen molar-refractivity contribution < 1.29 is 18.7 Å². The predicted molar refractivity (Wildman–Crippen MR) is 73.2 cm³/mol. The van der Waals surface area contributed by atoms with Crippen LogP contribution in [0.15, 0.2) is 18.2 Å². The molecule has 5 heteroatoms. The lowest BCUT2D eigenvalue weighted by atomic mass is 9.95. The van der Waals surface area contributed by atoms with E-state index in [0.717, 1.165) is 6.29 Å². The molecule has 1 saturated carbocycles. The van der Waals surface area contributed by atoms with Gasteiger partial charge in [0.05, 0.1) is 5.41 Å². The number of benzene rings is 1. The molecule has 20 heavy (non-hydrogen) atoms. The monoisotopic (exact) mass is 279 g/mol. The lowest BCUT2D eigenvalue weighted by Crippen LogP contribution is -2.28. The second-order valence-electron chi connectivity index (χ2n) is 6.09. The molecule has 2 rings (SSSR count). The largest absolute Gasteiger partial charge is 0.444 e. The quantitative estimate of drug-likeness (QED) is 0.863. The summed E-state index contributed by atoms with van der Waals surface area (Å²) in [6.07, 6.45) is 1.54. The first-order chi connectivity index (χ1) is 9.26. The van der Waals surface area contributed by atoms with Crippen LogP contribution in [-0.2, 0) is 14.9 Å². The lowest BCUT2D eigenvalue weighted by Gasteiger charge is -2.21. The van der Waals surface area contributed by atoms with Gasteiger partial charge in [0.1, 0.15) is 17.7 Å². The Kier molecular flexibility index (Phi) is 3.54. The van der Waals surface area contributed by atoms with Gasteiger partial charge < -0.3 is 9.53 Å². The fourth-order valence-corrected chi connectivity index (χ4v) is 2.04. The van der Waals surface area contributed by atoms with Crippen LogP contribution in [0.25, 0.3) is 0 Å². The zero-order chi connectivity index (χ0) is 15.0. The van der Waals surface area contributed by atoms with Crippen LogP contribution in [0.4, 0.5) is 14.9 Å². The highest BCUT2D eigenvalue weighted by Gasteiger charge is 2.46. The maximum Gasteiger partial charge on any atom is 0.412 e. The van der Waals surface area contributed by atoms with E-state index < -0.39 is 22.9 Å². The zero-order valence-corrected chi connectivity index (χ0v) is 11.8. The average Bonchev–Trinajstić information content (AvgIpc) is 3.10. The third-order valence-electron chi connectivity index (χ3n) is 3.17. The number of hydrogen-bond donors (Lipinski definition) is 1. The molecule has 1 fully saturated rings. The molecule has 108 valence electrons. The molecule has 0 atom stereocenters. The van der Waals surface area contributed by atoms with Gasteiger partial charge in [-0.3, -0.25) is 5.32 Å². The first-order valence-electron chi connectivity index (χ1n) is 6.52. The molecular formula is C15H18FNO3. The van der Waals surface area contributed by atoms with Crippen LogP contribution >= 0.6 is 0 Å². The predicted octanol–water partition coefficient (Wildman–Crippen LogP) is 3.40. The molecule has 0 radical (unpaired) electrons. The number of anilines is 1. The maximum absolute atomic E-state index is 13.4. The van der Waals surface area contributed by atoms with E-state index in [1.807, 2.05) is 0 Å². The molecule has 4 nitrogen and oxygen atoms in total. The molecule has 1 N–H and O–H groups in total. The number of rotatable bonds is 3. The number of amides is 1. The number of carbonyl (C=O) groups excluding carboxylic acids is 2. The molecule has 0 saturated heterocycles. The van der Waals surface area contributed by atoms with Crippen molar-refractivity contribution in [1.82, 2.24) is 0 Å². The van der Waals surface area contributed by atoms with Crippen molar-refractivity contribution in [2.75, 3.05) is 5.32 Å². The molecular weight excluding hydrogens is 261 g/mol. The second-order valence-corrected chi connectivity index (χ2v) is 6.09. The van der Waals surface area contributed by atoms with Crippen molar-refractivity contribution in [3.8, 4) is 0 Å². The lowest BCUT2D eigenvalue weighted by molar-refractivity contribution is -0.109. The summed E-state index contributed by atoms with van der Waals surface area (Å²) in [5, 5.41) is 2.59. The Morgan fingerprint density at radius 2 is 2.05 bits per heavy atom. The minimum Gasteiger partial charge on any atom is -0.444 e. The van der Waals surface area contributed by atoms with Crippen LogP contribution in [0.3, 0.4) is 0 Å². The fourth-order valence-electron chi connectivity index (χ4n) is 2.04. The summed E-state index contributed by atoms with van der Waals surface area (Å²) in [5.41, 5.74) is -0.345. The van der Waals surface area contributed by atoms with E-state index in [2.05, 4.69) is 5.32 Å². The number of aldehydes is 1. The van der Waals surface area contributed by atoms with Crippen LogP contribution in [-0.4, -0.2) is 18.0 Å². The van der Waals surface area contributed by atoms with Gasteiger partial charge in [-0.2, -0.15) is 0 Å². The van der Waals surface area contributed by atoms with Crippen LogP contribution in [0, 0.1) is 5.82 Å². The van der Waals surface area contributed by atoms with E-state index in [-0.39, 0.29) is 0 Å². The molecule has 0 bridgehead atoms. The van der Waals surface area contributed by atoms with E-state index in [0.29, 0.717) is 24.1 Å². The van der Waals surface area contributed by atoms with Gasteiger partial charge in [0, 0.05) is 5.69 Å². The van der Waals surface area contributed by atoms with E-state index in [9.17, 15) is 14.0 Å². The van der Waals surface area contributed by atoms with Gasteiger partial charge in [-0.25, -0.2) is 9.18 Å². The molecule has 1 aromatic rings. The molecule has 1 aliphatic carbocycles. The van der Waals surface area contributed by atoms with Crippen LogP contribution in [0.2, 0.25) is 0 Å². The standard InChI is InChI=1S/C15H18FNO3/c1-14(2,3)20-13(19)17-12-5-4-10(16)8-11(12)15(9-18)6-7-15/h4-5,8-9H,6-7H2,1-3H3,(H,17,19). The molecule has 0 aromatic heterocycles. The molecule has 0 spiro atoms. The fraction of sp³-hybridized carbons (Fsp3) is 0.467. The van der Waals surface area contributed by atoms with Crippen molar-refractivity contribution >= 4 is 18.1 Å². The zero-order valence-electron chi connectivity index (χ0n) is 11.8. The van der Waals surface area contributed by atoms with Gasteiger partial charge in [-0.15, -0.1) is 0 Å². The highest BCUT2D eigenvalue weighted by molar-refractivity contribution is 5.88. The van der Waals surface area contributed by atoms with E-state index >= 15 is 0 Å². The summed E-state index contributed by atoms with van der Waals surface area (Å²) >= 11 is 0. The van der Waals surface area contributed by atoms with Crippen LogP contribution in [0.5, 0.6) is 0 Å². The summed E-state index contributed by atoms with van der Waals surface area (Å²) in [5.74, 6) is -0.428. The third kappa shape index (κ3) is 3.15. The Morgan fingerprint density at radius 3 is 2.55 bits per heavy atom. The summed E-state index contributed by atoms with van der Waals surface area (Å²) in [4.78, 5) is 23.0. The second kappa shape index (κ2) is 4.89. The van der Waals surface area contributed by atoms with Gasteiger partial charge in [0.15, 0.2) is 0 Å². The van der Waals surface area contributed by atoms with Crippen molar-refractivity contribution in [3.05, 3.63) is 29.6 Å². The highest BCUT2D eigenvalue weighted by Crippen LogP contribution is 2.49. The Balaban J connectivity index is 2.24. The van der Waals surface area contributed by atoms with Gasteiger partial charge in [-0.05, 0) is 57.4 Å². The maximum atomic E-state index is 13.4. The summed E-state index contributed by atoms with van der Waals surface area (Å²) in [6, 6.07) is 4.00. The molecule has 0 aliphatic heterocycles. The number of carbonyl (C=O) groups is 2. The topological polar surface area (TPSA) is 55.4 Å². The Labute approximate surface area is 117 Å². The van der Waals surface area contributed by atoms with Crippen molar-refractivity contribution in [2.45, 2.75) is 44.6 Å². The van der Waals surface area contributed by atoms with E-state index in [1.165, 1.54) is 18.2 Å². The summed E-state index contributed by atoms with van der Waals surface area (Å²) in [6.45, 7) is 5.27. The molecule has 1 amide bonds. The Bertz CT molecular complexity index is 545. The van der Waals surface area contributed by atoms with Crippen LogP contribution in [0.1, 0.15) is 39.2 Å². The van der Waals surface area contributed by atoms with Gasteiger partial charge in [0.25, 0.3) is 0 Å². The Hall–Kier alpha value is -1.91. The molecule has 0 unspecified atom stereocenters. The van der Waals surface area contributed by atoms with E-state index in [1.54, 1.807) is 20.8 Å². The molecule has 1 aromatic carbocycles. The smallest absolute Gasteiger partial charge is 0.412 e. The minimum absolute atomic E-state index is 0.422. The number of hydrogen-bond acceptors (Lipinski definition) is 3. The molecule has 1 aliphatic rings. The Morgan fingerprint density at radius 1 is 1.40 bits per heavy atom. The van der Waals surface area contributed by atoms with Crippen LogP contribution < -0.4 is 5.32 Å². The highest BCUT2D eigenvalue weighted by atomic mass is 19.1. The first kappa shape index (κ1) is 14.5. The number of halogens is 1. The normalized spacial score (nSPS) is 16.4. The third-order valence-corrected chi connectivity index (χ3v) is 3.17. The molecule has 0 heterocycles. The van der Waals surface area contributed by atoms with Crippen molar-refractivity contribution in [2.24, 2.45) is 0 Å². The first-order valence-corrected chi connectivity index (χ1v) is 6.52. The van der Waals surface area contributed by atoms with Gasteiger partial charge in [0.2, 0.25) is 0 Å². The van der Waals surface area contributed by atoms with Crippen molar-refractivity contribution in [1.29, 1.82) is 0 Å². The minimum atomic E-state index is -0.660. The summed E-state index contributed by atoms with van der Waals surface area (Å²) in [7, 11) is 0. The van der Waals surface area contributed by atoms with Crippen molar-refractivity contribution in [3.63, 3.8) is 0 Å². The number of ether oxygens (including phenoxy) is 1. The average molecular weight is 279 g/mol. The summed E-state index contributed by atoms with van der Waals surface area (Å²) < 4.78 is 18.6.